The van der Waals surface area contributed by atoms with Crippen LogP contribution >= 0.6 is 15.9 Å². The highest BCUT2D eigenvalue weighted by Gasteiger charge is 2.29. The lowest BCUT2D eigenvalue weighted by Gasteiger charge is -2.16. The first kappa shape index (κ1) is 12.2. The van der Waals surface area contributed by atoms with Gasteiger partial charge in [-0.1, -0.05) is 13.3 Å². The van der Waals surface area contributed by atoms with Crippen LogP contribution in [0.4, 0.5) is 0 Å². The molecule has 1 saturated carbocycles. The van der Waals surface area contributed by atoms with E-state index in [1.807, 2.05) is 12.1 Å². The van der Waals surface area contributed by atoms with Crippen LogP contribution in [-0.2, 0) is 6.42 Å². The molecular weight excluding hydrogens is 266 g/mol. The quantitative estimate of drug-likeness (QED) is 0.825. The van der Waals surface area contributed by atoms with E-state index in [1.54, 1.807) is 0 Å². The first-order valence-corrected chi connectivity index (χ1v) is 7.06. The maximum absolute atomic E-state index is 5.48. The van der Waals surface area contributed by atoms with Gasteiger partial charge in [-0.25, -0.2) is 0 Å². The Morgan fingerprint density at radius 3 is 2.88 bits per heavy atom. The van der Waals surface area contributed by atoms with Crippen molar-refractivity contribution in [3.05, 3.63) is 22.6 Å². The van der Waals surface area contributed by atoms with Gasteiger partial charge in [0.15, 0.2) is 4.67 Å². The largest absolute Gasteiger partial charge is 0.454 e. The van der Waals surface area contributed by atoms with Crippen molar-refractivity contribution in [1.82, 2.24) is 5.32 Å². The zero-order valence-corrected chi connectivity index (χ0v) is 11.4. The Balaban J connectivity index is 1.69. The van der Waals surface area contributed by atoms with Gasteiger partial charge in [0.05, 0.1) is 0 Å². The van der Waals surface area contributed by atoms with E-state index < -0.39 is 0 Å². The summed E-state index contributed by atoms with van der Waals surface area (Å²) in [6.07, 6.45) is 6.42. The number of hydrogen-bond donors (Lipinski definition) is 1. The number of furan rings is 1. The van der Waals surface area contributed by atoms with Crippen LogP contribution in [0.25, 0.3) is 0 Å². The Morgan fingerprint density at radius 2 is 2.31 bits per heavy atom. The Hall–Kier alpha value is -0.280. The third-order valence-corrected chi connectivity index (χ3v) is 3.62. The average molecular weight is 286 g/mol. The molecule has 3 heteroatoms. The van der Waals surface area contributed by atoms with Gasteiger partial charge in [0.2, 0.25) is 0 Å². The molecule has 1 fully saturated rings. The summed E-state index contributed by atoms with van der Waals surface area (Å²) in [6.45, 7) is 3.29. The van der Waals surface area contributed by atoms with Crippen LogP contribution < -0.4 is 5.32 Å². The lowest BCUT2D eigenvalue weighted by molar-refractivity contribution is 0.417. The highest BCUT2D eigenvalue weighted by Crippen LogP contribution is 2.34. The summed E-state index contributed by atoms with van der Waals surface area (Å²) in [7, 11) is 0. The van der Waals surface area contributed by atoms with Gasteiger partial charge < -0.3 is 9.73 Å². The van der Waals surface area contributed by atoms with E-state index in [9.17, 15) is 0 Å². The smallest absolute Gasteiger partial charge is 0.169 e. The first-order chi connectivity index (χ1) is 7.79. The molecule has 1 aromatic rings. The highest BCUT2D eigenvalue weighted by molar-refractivity contribution is 9.10. The second-order valence-corrected chi connectivity index (χ2v) is 5.42. The van der Waals surface area contributed by atoms with Crippen LogP contribution in [0.5, 0.6) is 0 Å². The Morgan fingerprint density at radius 1 is 1.50 bits per heavy atom. The molecular formula is C13H20BrNO. The van der Waals surface area contributed by atoms with E-state index in [-0.39, 0.29) is 0 Å². The summed E-state index contributed by atoms with van der Waals surface area (Å²) in [4.78, 5) is 0. The zero-order chi connectivity index (χ0) is 11.4. The van der Waals surface area contributed by atoms with E-state index >= 15 is 0 Å². The standard InChI is InChI=1S/C13H20BrNO/c1-2-3-12(10-4-5-10)15-9-8-11-6-7-13(14)16-11/h6-7,10,12,15H,2-5,8-9H2,1H3. The molecule has 0 radical (unpaired) electrons. The molecule has 0 amide bonds. The predicted octanol–water partition coefficient (Wildman–Crippen LogP) is 3.75. The van der Waals surface area contributed by atoms with Crippen LogP contribution in [0.1, 0.15) is 38.4 Å². The maximum Gasteiger partial charge on any atom is 0.169 e. The van der Waals surface area contributed by atoms with Gasteiger partial charge in [0.1, 0.15) is 5.76 Å². The molecule has 90 valence electrons. The lowest BCUT2D eigenvalue weighted by atomic mass is 10.1. The van der Waals surface area contributed by atoms with Gasteiger partial charge in [0.25, 0.3) is 0 Å². The van der Waals surface area contributed by atoms with E-state index in [0.717, 1.165) is 35.4 Å². The lowest BCUT2D eigenvalue weighted by Crippen LogP contribution is -2.32. The molecule has 1 aromatic heterocycles. The van der Waals surface area contributed by atoms with Gasteiger partial charge in [0, 0.05) is 19.0 Å². The van der Waals surface area contributed by atoms with Crippen molar-refractivity contribution in [1.29, 1.82) is 0 Å². The topological polar surface area (TPSA) is 25.2 Å². The van der Waals surface area contributed by atoms with Crippen LogP contribution in [0.2, 0.25) is 0 Å². The van der Waals surface area contributed by atoms with Gasteiger partial charge in [-0.2, -0.15) is 0 Å². The Bertz CT molecular complexity index is 319. The Labute approximate surface area is 106 Å². The fraction of sp³-hybridized carbons (Fsp3) is 0.692. The molecule has 1 N–H and O–H groups in total. The maximum atomic E-state index is 5.48. The molecule has 1 aliphatic rings. The number of hydrogen-bond acceptors (Lipinski definition) is 2. The highest BCUT2D eigenvalue weighted by atomic mass is 79.9. The van der Waals surface area contributed by atoms with Crippen molar-refractivity contribution in [3.8, 4) is 0 Å². The molecule has 0 saturated heterocycles. The van der Waals surface area contributed by atoms with Gasteiger partial charge in [-0.3, -0.25) is 0 Å². The molecule has 0 aliphatic heterocycles. The normalized spacial score (nSPS) is 17.6. The SMILES string of the molecule is CCCC(NCCc1ccc(Br)o1)C1CC1. The summed E-state index contributed by atoms with van der Waals surface area (Å²) in [5, 5.41) is 3.67. The number of rotatable bonds is 7. The summed E-state index contributed by atoms with van der Waals surface area (Å²) in [5.74, 6) is 2.01. The first-order valence-electron chi connectivity index (χ1n) is 6.27. The molecule has 2 nitrogen and oxygen atoms in total. The summed E-state index contributed by atoms with van der Waals surface area (Å²) < 4.78 is 6.31. The molecule has 16 heavy (non-hydrogen) atoms. The summed E-state index contributed by atoms with van der Waals surface area (Å²) in [6, 6.07) is 4.74. The zero-order valence-electron chi connectivity index (χ0n) is 9.84. The predicted molar refractivity (Wildman–Crippen MR) is 69.5 cm³/mol. The minimum Gasteiger partial charge on any atom is -0.454 e. The molecule has 0 spiro atoms. The molecule has 1 unspecified atom stereocenters. The Kier molecular flexibility index (Phi) is 4.47. The van der Waals surface area contributed by atoms with E-state index in [2.05, 4.69) is 28.2 Å². The molecule has 1 aliphatic carbocycles. The minimum absolute atomic E-state index is 0.739. The molecule has 0 aromatic carbocycles. The van der Waals surface area contributed by atoms with Gasteiger partial charge in [-0.05, 0) is 53.2 Å². The molecule has 1 heterocycles. The van der Waals surface area contributed by atoms with Crippen molar-refractivity contribution < 1.29 is 4.42 Å². The molecule has 1 atom stereocenters. The monoisotopic (exact) mass is 285 g/mol. The minimum atomic E-state index is 0.739. The summed E-state index contributed by atoms with van der Waals surface area (Å²) in [5.41, 5.74) is 0. The molecule has 0 bridgehead atoms. The average Bonchev–Trinajstić information content (AvgIpc) is 3.02. The molecule has 2 rings (SSSR count). The number of halogens is 1. The van der Waals surface area contributed by atoms with Crippen molar-refractivity contribution in [2.45, 2.75) is 45.1 Å². The van der Waals surface area contributed by atoms with E-state index in [0.29, 0.717) is 0 Å². The van der Waals surface area contributed by atoms with Gasteiger partial charge in [-0.15, -0.1) is 0 Å². The van der Waals surface area contributed by atoms with Crippen LogP contribution in [-0.4, -0.2) is 12.6 Å². The number of nitrogens with one attached hydrogen (secondary N) is 1. The fourth-order valence-corrected chi connectivity index (χ4v) is 2.52. The fourth-order valence-electron chi connectivity index (χ4n) is 2.18. The van der Waals surface area contributed by atoms with Crippen molar-refractivity contribution in [3.63, 3.8) is 0 Å². The van der Waals surface area contributed by atoms with E-state index in [4.69, 9.17) is 4.42 Å². The second-order valence-electron chi connectivity index (χ2n) is 4.64. The van der Waals surface area contributed by atoms with Gasteiger partial charge >= 0.3 is 0 Å². The van der Waals surface area contributed by atoms with Crippen molar-refractivity contribution >= 4 is 15.9 Å². The third-order valence-electron chi connectivity index (χ3n) is 3.20. The second kappa shape index (κ2) is 5.87. The summed E-state index contributed by atoms with van der Waals surface area (Å²) >= 11 is 3.32. The van der Waals surface area contributed by atoms with Crippen LogP contribution in [0.15, 0.2) is 21.2 Å². The van der Waals surface area contributed by atoms with E-state index in [1.165, 1.54) is 25.7 Å². The third kappa shape index (κ3) is 3.63. The van der Waals surface area contributed by atoms with Crippen LogP contribution in [0.3, 0.4) is 0 Å². The van der Waals surface area contributed by atoms with Crippen molar-refractivity contribution in [2.24, 2.45) is 5.92 Å². The van der Waals surface area contributed by atoms with Crippen molar-refractivity contribution in [2.75, 3.05) is 6.54 Å². The van der Waals surface area contributed by atoms with Crippen LogP contribution in [0, 0.1) is 5.92 Å².